The quantitative estimate of drug-likeness (QED) is 0.842. The van der Waals surface area contributed by atoms with Crippen molar-refractivity contribution >= 4 is 17.0 Å². The van der Waals surface area contributed by atoms with Gasteiger partial charge < -0.3 is 10.2 Å². The van der Waals surface area contributed by atoms with Crippen molar-refractivity contribution < 1.29 is 4.39 Å². The second kappa shape index (κ2) is 6.58. The Morgan fingerprint density at radius 3 is 3.10 bits per heavy atom. The summed E-state index contributed by atoms with van der Waals surface area (Å²) in [6.45, 7) is 5.70. The molecule has 4 heteroatoms. The molecule has 0 atom stereocenters. The minimum absolute atomic E-state index is 0.142. The standard InChI is InChI=1S/C17H21FN2S/c1-2-5-19-11-13-8-15(18)10-16(9-13)20-6-3-17-14(12-20)4-7-21-17/h4,7-10,19H,2-3,5-6,11-12H2,1H3. The van der Waals surface area contributed by atoms with Crippen LogP contribution < -0.4 is 10.2 Å². The molecule has 2 heterocycles. The lowest BCUT2D eigenvalue weighted by Gasteiger charge is -2.29. The summed E-state index contributed by atoms with van der Waals surface area (Å²) < 4.78 is 13.9. The van der Waals surface area contributed by atoms with Gasteiger partial charge in [-0.25, -0.2) is 4.39 Å². The molecule has 1 aliphatic heterocycles. The Kier molecular flexibility index (Phi) is 4.56. The summed E-state index contributed by atoms with van der Waals surface area (Å²) in [6.07, 6.45) is 2.15. The highest BCUT2D eigenvalue weighted by molar-refractivity contribution is 7.10. The van der Waals surface area contributed by atoms with Gasteiger partial charge in [-0.1, -0.05) is 6.92 Å². The largest absolute Gasteiger partial charge is 0.367 e. The lowest BCUT2D eigenvalue weighted by atomic mass is 10.1. The normalized spacial score (nSPS) is 14.3. The Labute approximate surface area is 129 Å². The molecule has 0 aliphatic carbocycles. The van der Waals surface area contributed by atoms with Crippen LogP contribution in [0.1, 0.15) is 29.3 Å². The first-order valence-electron chi connectivity index (χ1n) is 7.56. The van der Waals surface area contributed by atoms with Crippen molar-refractivity contribution in [3.8, 4) is 0 Å². The van der Waals surface area contributed by atoms with Gasteiger partial charge in [-0.3, -0.25) is 0 Å². The van der Waals surface area contributed by atoms with Crippen molar-refractivity contribution in [2.75, 3.05) is 18.0 Å². The van der Waals surface area contributed by atoms with Crippen LogP contribution in [0.15, 0.2) is 29.6 Å². The van der Waals surface area contributed by atoms with Gasteiger partial charge in [-0.05, 0) is 60.2 Å². The van der Waals surface area contributed by atoms with Crippen LogP contribution in [0.5, 0.6) is 0 Å². The van der Waals surface area contributed by atoms with Crippen LogP contribution in [0.4, 0.5) is 10.1 Å². The molecule has 2 nitrogen and oxygen atoms in total. The predicted octanol–water partition coefficient (Wildman–Crippen LogP) is 3.95. The zero-order valence-electron chi connectivity index (χ0n) is 12.4. The number of nitrogens with one attached hydrogen (secondary N) is 1. The summed E-state index contributed by atoms with van der Waals surface area (Å²) in [5, 5.41) is 5.49. The Balaban J connectivity index is 1.76. The molecule has 0 fully saturated rings. The first-order valence-corrected chi connectivity index (χ1v) is 8.44. The van der Waals surface area contributed by atoms with Crippen LogP contribution in [0, 0.1) is 5.82 Å². The number of benzene rings is 1. The molecule has 0 amide bonds. The van der Waals surface area contributed by atoms with E-state index in [9.17, 15) is 4.39 Å². The maximum absolute atomic E-state index is 13.9. The zero-order valence-corrected chi connectivity index (χ0v) is 13.2. The number of hydrogen-bond acceptors (Lipinski definition) is 3. The number of anilines is 1. The fraction of sp³-hybridized carbons (Fsp3) is 0.412. The second-order valence-electron chi connectivity index (χ2n) is 5.54. The van der Waals surface area contributed by atoms with Crippen molar-refractivity contribution in [3.05, 3.63) is 51.5 Å². The van der Waals surface area contributed by atoms with Crippen LogP contribution in [0.2, 0.25) is 0 Å². The molecule has 3 rings (SSSR count). The van der Waals surface area contributed by atoms with E-state index in [2.05, 4.69) is 34.7 Å². The number of hydrogen-bond donors (Lipinski definition) is 1. The molecule has 1 aromatic heterocycles. The van der Waals surface area contributed by atoms with Gasteiger partial charge in [0.25, 0.3) is 0 Å². The predicted molar refractivity (Wildman–Crippen MR) is 87.5 cm³/mol. The lowest BCUT2D eigenvalue weighted by Crippen LogP contribution is -2.29. The minimum atomic E-state index is -0.142. The van der Waals surface area contributed by atoms with E-state index in [0.29, 0.717) is 0 Å². The number of fused-ring (bicyclic) bond motifs is 1. The molecule has 0 bridgehead atoms. The fourth-order valence-electron chi connectivity index (χ4n) is 2.80. The topological polar surface area (TPSA) is 15.3 Å². The molecular weight excluding hydrogens is 283 g/mol. The lowest BCUT2D eigenvalue weighted by molar-refractivity contribution is 0.616. The van der Waals surface area contributed by atoms with Crippen molar-refractivity contribution in [2.45, 2.75) is 32.9 Å². The summed E-state index contributed by atoms with van der Waals surface area (Å²) >= 11 is 1.83. The van der Waals surface area contributed by atoms with Gasteiger partial charge in [0, 0.05) is 30.2 Å². The van der Waals surface area contributed by atoms with E-state index in [0.717, 1.165) is 50.3 Å². The molecule has 0 saturated carbocycles. The molecule has 1 aliphatic rings. The first kappa shape index (κ1) is 14.5. The van der Waals surface area contributed by atoms with Gasteiger partial charge in [0.2, 0.25) is 0 Å². The Bertz CT molecular complexity index is 609. The van der Waals surface area contributed by atoms with E-state index >= 15 is 0 Å². The average Bonchev–Trinajstić information content (AvgIpc) is 2.94. The molecule has 0 saturated heterocycles. The Morgan fingerprint density at radius 1 is 1.33 bits per heavy atom. The molecule has 1 N–H and O–H groups in total. The zero-order chi connectivity index (χ0) is 14.7. The highest BCUT2D eigenvalue weighted by atomic mass is 32.1. The summed E-state index contributed by atoms with van der Waals surface area (Å²) in [5.74, 6) is -0.142. The van der Waals surface area contributed by atoms with E-state index < -0.39 is 0 Å². The van der Waals surface area contributed by atoms with Gasteiger partial charge in [0.1, 0.15) is 5.82 Å². The number of thiophene rings is 1. The van der Waals surface area contributed by atoms with Crippen LogP contribution in [-0.2, 0) is 19.5 Å². The smallest absolute Gasteiger partial charge is 0.125 e. The average molecular weight is 304 g/mol. The van der Waals surface area contributed by atoms with Gasteiger partial charge in [0.15, 0.2) is 0 Å². The molecular formula is C17H21FN2S. The van der Waals surface area contributed by atoms with Gasteiger partial charge in [-0.15, -0.1) is 11.3 Å². The van der Waals surface area contributed by atoms with Crippen LogP contribution in [0.25, 0.3) is 0 Å². The highest BCUT2D eigenvalue weighted by Crippen LogP contribution is 2.28. The van der Waals surface area contributed by atoms with Gasteiger partial charge in [0.05, 0.1) is 0 Å². The molecule has 2 aromatic rings. The number of halogens is 1. The Morgan fingerprint density at radius 2 is 2.24 bits per heavy atom. The number of rotatable bonds is 5. The summed E-state index contributed by atoms with van der Waals surface area (Å²) in [7, 11) is 0. The van der Waals surface area contributed by atoms with Crippen molar-refractivity contribution in [2.24, 2.45) is 0 Å². The Hall–Kier alpha value is -1.39. The van der Waals surface area contributed by atoms with Crippen molar-refractivity contribution in [3.63, 3.8) is 0 Å². The number of nitrogens with zero attached hydrogens (tertiary/aromatic N) is 1. The van der Waals surface area contributed by atoms with Crippen LogP contribution >= 0.6 is 11.3 Å². The van der Waals surface area contributed by atoms with Crippen LogP contribution in [-0.4, -0.2) is 13.1 Å². The third-order valence-electron chi connectivity index (χ3n) is 3.87. The molecule has 0 spiro atoms. The summed E-state index contributed by atoms with van der Waals surface area (Å²) in [5.41, 5.74) is 3.41. The van der Waals surface area contributed by atoms with E-state index in [4.69, 9.17) is 0 Å². The van der Waals surface area contributed by atoms with E-state index in [1.54, 1.807) is 12.1 Å². The minimum Gasteiger partial charge on any atom is -0.367 e. The SMILES string of the molecule is CCCNCc1cc(F)cc(N2CCc3sccc3C2)c1. The maximum Gasteiger partial charge on any atom is 0.125 e. The highest BCUT2D eigenvalue weighted by Gasteiger charge is 2.18. The fourth-order valence-corrected chi connectivity index (χ4v) is 3.69. The van der Waals surface area contributed by atoms with E-state index in [1.807, 2.05) is 11.3 Å². The maximum atomic E-state index is 13.9. The monoisotopic (exact) mass is 304 g/mol. The van der Waals surface area contributed by atoms with Crippen molar-refractivity contribution in [1.82, 2.24) is 5.32 Å². The molecule has 0 radical (unpaired) electrons. The molecule has 112 valence electrons. The summed E-state index contributed by atoms with van der Waals surface area (Å²) in [4.78, 5) is 3.76. The van der Waals surface area contributed by atoms with Crippen molar-refractivity contribution in [1.29, 1.82) is 0 Å². The van der Waals surface area contributed by atoms with Gasteiger partial charge >= 0.3 is 0 Å². The second-order valence-corrected chi connectivity index (χ2v) is 6.54. The first-order chi connectivity index (χ1) is 10.3. The van der Waals surface area contributed by atoms with Crippen LogP contribution in [0.3, 0.4) is 0 Å². The third-order valence-corrected chi connectivity index (χ3v) is 4.89. The molecule has 21 heavy (non-hydrogen) atoms. The third kappa shape index (κ3) is 3.44. The summed E-state index contributed by atoms with van der Waals surface area (Å²) in [6, 6.07) is 7.59. The van der Waals surface area contributed by atoms with E-state index in [1.165, 1.54) is 10.4 Å². The molecule has 0 unspecified atom stereocenters. The van der Waals surface area contributed by atoms with E-state index in [-0.39, 0.29) is 5.82 Å². The van der Waals surface area contributed by atoms with Gasteiger partial charge in [-0.2, -0.15) is 0 Å². The molecule has 1 aromatic carbocycles.